The molecule has 186 valence electrons. The van der Waals surface area contributed by atoms with Gasteiger partial charge in [-0.1, -0.05) is 13.0 Å². The summed E-state index contributed by atoms with van der Waals surface area (Å²) in [4.78, 5) is 12.7. The van der Waals surface area contributed by atoms with Crippen molar-refractivity contribution in [2.75, 3.05) is 39.1 Å². The minimum atomic E-state index is -3.64. The van der Waals surface area contributed by atoms with Crippen LogP contribution in [0.5, 0.6) is 5.75 Å². The number of nitrogens with zero attached hydrogens (tertiary/aromatic N) is 2. The van der Waals surface area contributed by atoms with Crippen molar-refractivity contribution < 1.29 is 26.4 Å². The number of carbonyl (C=O) groups excluding carboxylic acids is 1. The molecule has 2 aromatic carbocycles. The van der Waals surface area contributed by atoms with E-state index in [-0.39, 0.29) is 16.4 Å². The summed E-state index contributed by atoms with van der Waals surface area (Å²) in [7, 11) is -4.32. The lowest BCUT2D eigenvalue weighted by Crippen LogP contribution is -2.37. The maximum absolute atomic E-state index is 12.8. The van der Waals surface area contributed by atoms with Crippen molar-refractivity contribution in [3.8, 4) is 5.75 Å². The zero-order valence-corrected chi connectivity index (χ0v) is 21.4. The first-order chi connectivity index (χ1) is 15.9. The van der Waals surface area contributed by atoms with Gasteiger partial charge in [0.1, 0.15) is 5.75 Å². The number of benzene rings is 2. The average Bonchev–Trinajstić information content (AvgIpc) is 2.79. The maximum atomic E-state index is 12.8. The minimum Gasteiger partial charge on any atom is -0.484 e. The van der Waals surface area contributed by atoms with E-state index < -0.39 is 26.0 Å². The smallest absolute Gasteiger partial charge is 0.262 e. The molecule has 0 radical (unpaired) electrons. The van der Waals surface area contributed by atoms with Gasteiger partial charge in [0.15, 0.2) is 6.61 Å². The Balaban J connectivity index is 1.62. The zero-order valence-electron chi connectivity index (χ0n) is 19.8. The van der Waals surface area contributed by atoms with Gasteiger partial charge in [0.25, 0.3) is 5.91 Å². The SMILES string of the molecule is Cc1ccc(S(=O)(=O)N(C)C)cc1NC(=O)COc1ccc(S(=O)(=O)N2CCC(C)CC2)cc1. The number of nitrogens with one attached hydrogen (secondary N) is 1. The summed E-state index contributed by atoms with van der Waals surface area (Å²) >= 11 is 0. The third-order valence-corrected chi connectivity index (χ3v) is 9.56. The number of rotatable bonds is 8. The first-order valence-electron chi connectivity index (χ1n) is 11.0. The molecule has 34 heavy (non-hydrogen) atoms. The zero-order chi connectivity index (χ0) is 25.1. The fourth-order valence-electron chi connectivity index (χ4n) is 3.52. The quantitative estimate of drug-likeness (QED) is 0.585. The number of anilines is 1. The molecule has 1 heterocycles. The van der Waals surface area contributed by atoms with Gasteiger partial charge in [0.05, 0.1) is 9.79 Å². The molecular weight excluding hydrogens is 478 g/mol. The van der Waals surface area contributed by atoms with E-state index in [1.807, 2.05) is 0 Å². The summed E-state index contributed by atoms with van der Waals surface area (Å²) in [5.74, 6) is 0.403. The Morgan fingerprint density at radius 3 is 2.21 bits per heavy atom. The summed E-state index contributed by atoms with van der Waals surface area (Å²) in [6, 6.07) is 10.5. The number of piperidine rings is 1. The molecule has 1 aliphatic rings. The van der Waals surface area contributed by atoms with E-state index in [0.717, 1.165) is 17.1 Å². The number of amides is 1. The predicted octanol–water partition coefficient (Wildman–Crippen LogP) is 2.68. The fourth-order valence-corrected chi connectivity index (χ4v) is 5.92. The highest BCUT2D eigenvalue weighted by Crippen LogP contribution is 2.25. The Morgan fingerprint density at radius 2 is 1.62 bits per heavy atom. The normalized spacial score (nSPS) is 15.9. The Bertz CT molecular complexity index is 1230. The molecule has 3 rings (SSSR count). The second kappa shape index (κ2) is 10.4. The number of aryl methyl sites for hydroxylation is 1. The lowest BCUT2D eigenvalue weighted by Gasteiger charge is -2.29. The summed E-state index contributed by atoms with van der Waals surface area (Å²) in [5, 5.41) is 2.66. The number of ether oxygens (including phenoxy) is 1. The van der Waals surface area contributed by atoms with Crippen LogP contribution in [0.1, 0.15) is 25.3 Å². The van der Waals surface area contributed by atoms with Crippen LogP contribution < -0.4 is 10.1 Å². The molecular formula is C23H31N3O6S2. The lowest BCUT2D eigenvalue weighted by molar-refractivity contribution is -0.118. The Kier molecular flexibility index (Phi) is 8.02. The van der Waals surface area contributed by atoms with Gasteiger partial charge in [0, 0.05) is 32.9 Å². The predicted molar refractivity (Wildman–Crippen MR) is 130 cm³/mol. The molecule has 0 aromatic heterocycles. The first kappa shape index (κ1) is 26.1. The van der Waals surface area contributed by atoms with Gasteiger partial charge >= 0.3 is 0 Å². The van der Waals surface area contributed by atoms with Crippen LogP contribution in [0.25, 0.3) is 0 Å². The van der Waals surface area contributed by atoms with Crippen molar-refractivity contribution in [1.82, 2.24) is 8.61 Å². The molecule has 0 aliphatic carbocycles. The lowest BCUT2D eigenvalue weighted by atomic mass is 10.0. The van der Waals surface area contributed by atoms with Crippen LogP contribution in [0.15, 0.2) is 52.3 Å². The summed E-state index contributed by atoms with van der Waals surface area (Å²) in [6.07, 6.45) is 1.69. The number of hydrogen-bond acceptors (Lipinski definition) is 6. The van der Waals surface area contributed by atoms with Gasteiger partial charge in [0.2, 0.25) is 20.0 Å². The fraction of sp³-hybridized carbons (Fsp3) is 0.435. The van der Waals surface area contributed by atoms with E-state index in [2.05, 4.69) is 12.2 Å². The van der Waals surface area contributed by atoms with Crippen molar-refractivity contribution in [3.63, 3.8) is 0 Å². The summed E-state index contributed by atoms with van der Waals surface area (Å²) < 4.78 is 58.4. The van der Waals surface area contributed by atoms with Crippen LogP contribution in [0.2, 0.25) is 0 Å². The van der Waals surface area contributed by atoms with Gasteiger partial charge in [-0.3, -0.25) is 4.79 Å². The molecule has 2 aromatic rings. The Labute approximate surface area is 201 Å². The number of sulfonamides is 2. The van der Waals surface area contributed by atoms with Crippen molar-refractivity contribution in [2.24, 2.45) is 5.92 Å². The minimum absolute atomic E-state index is 0.0688. The molecule has 1 N–H and O–H groups in total. The Hall–Kier alpha value is -2.47. The van der Waals surface area contributed by atoms with Crippen molar-refractivity contribution in [3.05, 3.63) is 48.0 Å². The van der Waals surface area contributed by atoms with Crippen molar-refractivity contribution in [2.45, 2.75) is 36.5 Å². The van der Waals surface area contributed by atoms with Crippen LogP contribution in [-0.2, 0) is 24.8 Å². The highest BCUT2D eigenvalue weighted by molar-refractivity contribution is 7.89. The largest absolute Gasteiger partial charge is 0.484 e. The molecule has 1 amide bonds. The van der Waals surface area contributed by atoms with E-state index in [9.17, 15) is 21.6 Å². The summed E-state index contributed by atoms with van der Waals surface area (Å²) in [6.45, 7) is 4.58. The van der Waals surface area contributed by atoms with Gasteiger partial charge in [-0.2, -0.15) is 4.31 Å². The molecule has 0 saturated carbocycles. The van der Waals surface area contributed by atoms with E-state index in [1.54, 1.807) is 13.0 Å². The first-order valence-corrected chi connectivity index (χ1v) is 13.9. The van der Waals surface area contributed by atoms with Crippen molar-refractivity contribution >= 4 is 31.6 Å². The molecule has 11 heteroatoms. The molecule has 1 fully saturated rings. The standard InChI is InChI=1S/C23H31N3O6S2/c1-17-11-13-26(14-12-17)34(30,31)20-9-6-19(7-10-20)32-16-23(27)24-22-15-21(8-5-18(22)2)33(28,29)25(3)4/h5-10,15,17H,11-14,16H2,1-4H3,(H,24,27). The third kappa shape index (κ3) is 5.96. The van der Waals surface area contributed by atoms with E-state index >= 15 is 0 Å². The van der Waals surface area contributed by atoms with Crippen LogP contribution in [0, 0.1) is 12.8 Å². The van der Waals surface area contributed by atoms with Gasteiger partial charge in [-0.25, -0.2) is 21.1 Å². The number of hydrogen-bond donors (Lipinski definition) is 1. The maximum Gasteiger partial charge on any atom is 0.262 e. The second-order valence-electron chi connectivity index (χ2n) is 8.66. The monoisotopic (exact) mass is 509 g/mol. The topological polar surface area (TPSA) is 113 Å². The summed E-state index contributed by atoms with van der Waals surface area (Å²) in [5.41, 5.74) is 1.07. The van der Waals surface area contributed by atoms with Gasteiger partial charge < -0.3 is 10.1 Å². The highest BCUT2D eigenvalue weighted by Gasteiger charge is 2.28. The molecule has 0 bridgehead atoms. The third-order valence-electron chi connectivity index (χ3n) is 5.84. The van der Waals surface area contributed by atoms with E-state index in [4.69, 9.17) is 4.74 Å². The molecule has 1 saturated heterocycles. The van der Waals surface area contributed by atoms with E-state index in [1.165, 1.54) is 54.8 Å². The highest BCUT2D eigenvalue weighted by atomic mass is 32.2. The Morgan fingerprint density at radius 1 is 1.03 bits per heavy atom. The van der Waals surface area contributed by atoms with E-state index in [0.29, 0.717) is 36.0 Å². The van der Waals surface area contributed by atoms with Crippen LogP contribution in [-0.4, -0.2) is 65.1 Å². The van der Waals surface area contributed by atoms with Gasteiger partial charge in [-0.05, 0) is 67.6 Å². The molecule has 0 atom stereocenters. The molecule has 0 spiro atoms. The van der Waals surface area contributed by atoms with Crippen LogP contribution in [0.4, 0.5) is 5.69 Å². The number of carbonyl (C=O) groups is 1. The molecule has 1 aliphatic heterocycles. The second-order valence-corrected chi connectivity index (χ2v) is 12.7. The molecule has 9 nitrogen and oxygen atoms in total. The van der Waals surface area contributed by atoms with Crippen molar-refractivity contribution in [1.29, 1.82) is 0 Å². The van der Waals surface area contributed by atoms with Crippen LogP contribution in [0.3, 0.4) is 0 Å². The van der Waals surface area contributed by atoms with Crippen LogP contribution >= 0.6 is 0 Å². The average molecular weight is 510 g/mol. The van der Waals surface area contributed by atoms with Gasteiger partial charge in [-0.15, -0.1) is 0 Å². The molecule has 0 unspecified atom stereocenters.